The standard InChI is InChI=1S/C19H22Cl2N2O4S/c1-14(13-27-2)22-19(24)12-23(11-15-4-3-5-17(21)10-15)28(25,26)18-8-6-16(20)7-9-18/h3-10,14H,11-13H2,1-2H3,(H,22,24)/t14-/m0/s1. The van der Waals surface area contributed by atoms with Gasteiger partial charge in [0, 0.05) is 29.7 Å². The van der Waals surface area contributed by atoms with Gasteiger partial charge in [-0.25, -0.2) is 8.42 Å². The number of carbonyl (C=O) groups excluding carboxylic acids is 1. The average molecular weight is 445 g/mol. The van der Waals surface area contributed by atoms with Crippen LogP contribution in [0.15, 0.2) is 53.4 Å². The van der Waals surface area contributed by atoms with Crippen LogP contribution >= 0.6 is 23.2 Å². The Labute approximate surface area is 175 Å². The van der Waals surface area contributed by atoms with Crippen LogP contribution in [-0.4, -0.2) is 44.9 Å². The van der Waals surface area contributed by atoms with E-state index in [0.717, 1.165) is 4.31 Å². The van der Waals surface area contributed by atoms with Crippen molar-refractivity contribution in [3.63, 3.8) is 0 Å². The van der Waals surface area contributed by atoms with Gasteiger partial charge in [-0.05, 0) is 48.9 Å². The van der Waals surface area contributed by atoms with Crippen LogP contribution < -0.4 is 5.32 Å². The van der Waals surface area contributed by atoms with Crippen LogP contribution in [0.5, 0.6) is 0 Å². The molecule has 0 spiro atoms. The maximum atomic E-state index is 13.1. The summed E-state index contributed by atoms with van der Waals surface area (Å²) >= 11 is 11.9. The first-order valence-electron chi connectivity index (χ1n) is 8.51. The highest BCUT2D eigenvalue weighted by atomic mass is 35.5. The summed E-state index contributed by atoms with van der Waals surface area (Å²) in [5, 5.41) is 3.63. The van der Waals surface area contributed by atoms with Crippen LogP contribution in [0.1, 0.15) is 12.5 Å². The quantitative estimate of drug-likeness (QED) is 0.643. The summed E-state index contributed by atoms with van der Waals surface area (Å²) in [5.41, 5.74) is 0.669. The third-order valence-electron chi connectivity index (χ3n) is 3.84. The van der Waals surface area contributed by atoms with Crippen LogP contribution in [-0.2, 0) is 26.1 Å². The molecule has 0 heterocycles. The number of benzene rings is 2. The van der Waals surface area contributed by atoms with E-state index in [-0.39, 0.29) is 24.0 Å². The number of nitrogens with zero attached hydrogens (tertiary/aromatic N) is 1. The fourth-order valence-corrected chi connectivity index (χ4v) is 4.32. The average Bonchev–Trinajstić information content (AvgIpc) is 2.61. The lowest BCUT2D eigenvalue weighted by Gasteiger charge is -2.23. The number of hydrogen-bond donors (Lipinski definition) is 1. The van der Waals surface area contributed by atoms with E-state index in [9.17, 15) is 13.2 Å². The largest absolute Gasteiger partial charge is 0.383 e. The Balaban J connectivity index is 2.29. The first kappa shape index (κ1) is 22.6. The van der Waals surface area contributed by atoms with Crippen molar-refractivity contribution < 1.29 is 17.9 Å². The lowest BCUT2D eigenvalue weighted by atomic mass is 10.2. The van der Waals surface area contributed by atoms with Crippen LogP contribution in [0.3, 0.4) is 0 Å². The molecule has 0 aliphatic carbocycles. The number of rotatable bonds is 9. The van der Waals surface area contributed by atoms with Crippen molar-refractivity contribution in [2.75, 3.05) is 20.3 Å². The van der Waals surface area contributed by atoms with Crippen LogP contribution in [0.4, 0.5) is 0 Å². The van der Waals surface area contributed by atoms with Crippen molar-refractivity contribution in [1.29, 1.82) is 0 Å². The van der Waals surface area contributed by atoms with E-state index in [4.69, 9.17) is 27.9 Å². The molecule has 1 amide bonds. The smallest absolute Gasteiger partial charge is 0.243 e. The summed E-state index contributed by atoms with van der Waals surface area (Å²) < 4.78 is 32.4. The Morgan fingerprint density at radius 2 is 1.82 bits per heavy atom. The zero-order valence-corrected chi connectivity index (χ0v) is 17.9. The number of halogens is 2. The van der Waals surface area contributed by atoms with Crippen molar-refractivity contribution in [3.8, 4) is 0 Å². The molecule has 2 aromatic rings. The second kappa shape index (κ2) is 10.2. The van der Waals surface area contributed by atoms with Gasteiger partial charge in [0.2, 0.25) is 15.9 Å². The van der Waals surface area contributed by atoms with E-state index in [0.29, 0.717) is 22.2 Å². The highest BCUT2D eigenvalue weighted by molar-refractivity contribution is 7.89. The number of ether oxygens (including phenoxy) is 1. The molecule has 28 heavy (non-hydrogen) atoms. The predicted molar refractivity (Wildman–Crippen MR) is 110 cm³/mol. The Hall–Kier alpha value is -1.64. The fraction of sp³-hybridized carbons (Fsp3) is 0.316. The molecule has 9 heteroatoms. The monoisotopic (exact) mass is 444 g/mol. The predicted octanol–water partition coefficient (Wildman–Crippen LogP) is 3.34. The summed E-state index contributed by atoms with van der Waals surface area (Å²) in [6.45, 7) is 1.75. The number of methoxy groups -OCH3 is 1. The molecule has 0 saturated heterocycles. The fourth-order valence-electron chi connectivity index (χ4n) is 2.59. The number of hydrogen-bond acceptors (Lipinski definition) is 4. The highest BCUT2D eigenvalue weighted by Gasteiger charge is 2.27. The van der Waals surface area contributed by atoms with Crippen molar-refractivity contribution in [3.05, 3.63) is 64.1 Å². The summed E-state index contributed by atoms with van der Waals surface area (Å²) in [5.74, 6) is -0.427. The van der Waals surface area contributed by atoms with Crippen LogP contribution in [0.2, 0.25) is 10.0 Å². The first-order valence-corrected chi connectivity index (χ1v) is 10.7. The topological polar surface area (TPSA) is 75.7 Å². The molecule has 1 N–H and O–H groups in total. The third kappa shape index (κ3) is 6.46. The maximum absolute atomic E-state index is 13.1. The van der Waals surface area contributed by atoms with E-state index in [1.54, 1.807) is 31.2 Å². The van der Waals surface area contributed by atoms with E-state index in [1.165, 1.54) is 31.4 Å². The maximum Gasteiger partial charge on any atom is 0.243 e. The second-order valence-corrected chi connectivity index (χ2v) is 9.09. The molecule has 1 atom stereocenters. The minimum atomic E-state index is -3.93. The van der Waals surface area contributed by atoms with Gasteiger partial charge in [-0.3, -0.25) is 4.79 Å². The number of carbonyl (C=O) groups is 1. The zero-order valence-electron chi connectivity index (χ0n) is 15.6. The molecule has 0 radical (unpaired) electrons. The molecule has 152 valence electrons. The van der Waals surface area contributed by atoms with Gasteiger partial charge >= 0.3 is 0 Å². The highest BCUT2D eigenvalue weighted by Crippen LogP contribution is 2.21. The second-order valence-electron chi connectivity index (χ2n) is 6.28. The minimum Gasteiger partial charge on any atom is -0.383 e. The Morgan fingerprint density at radius 3 is 2.43 bits per heavy atom. The molecular formula is C19H22Cl2N2O4S. The van der Waals surface area contributed by atoms with Gasteiger partial charge in [0.25, 0.3) is 0 Å². The molecule has 0 saturated carbocycles. The first-order chi connectivity index (χ1) is 13.2. The number of amides is 1. The van der Waals surface area contributed by atoms with Crippen molar-refractivity contribution in [2.45, 2.75) is 24.4 Å². The van der Waals surface area contributed by atoms with Crippen LogP contribution in [0, 0.1) is 0 Å². The lowest BCUT2D eigenvalue weighted by Crippen LogP contribution is -2.44. The molecule has 0 unspecified atom stereocenters. The van der Waals surface area contributed by atoms with Gasteiger partial charge < -0.3 is 10.1 Å². The summed E-state index contributed by atoms with van der Waals surface area (Å²) in [7, 11) is -2.41. The van der Waals surface area contributed by atoms with Crippen molar-refractivity contribution in [1.82, 2.24) is 9.62 Å². The molecule has 0 aliphatic rings. The SMILES string of the molecule is COC[C@H](C)NC(=O)CN(Cc1cccc(Cl)c1)S(=O)(=O)c1ccc(Cl)cc1. The lowest BCUT2D eigenvalue weighted by molar-refractivity contribution is -0.122. The normalized spacial score (nSPS) is 12.8. The summed E-state index contributed by atoms with van der Waals surface area (Å²) in [6, 6.07) is 12.4. The molecule has 0 aliphatic heterocycles. The van der Waals surface area contributed by atoms with Gasteiger partial charge in [-0.2, -0.15) is 4.31 Å². The molecule has 2 aromatic carbocycles. The van der Waals surface area contributed by atoms with Gasteiger partial charge in [-0.1, -0.05) is 35.3 Å². The van der Waals surface area contributed by atoms with E-state index >= 15 is 0 Å². The zero-order chi connectivity index (χ0) is 20.7. The molecule has 6 nitrogen and oxygen atoms in total. The molecule has 0 bridgehead atoms. The summed E-state index contributed by atoms with van der Waals surface area (Å²) in [6.07, 6.45) is 0. The van der Waals surface area contributed by atoms with Crippen LogP contribution in [0.25, 0.3) is 0 Å². The molecule has 0 aromatic heterocycles. The number of nitrogens with one attached hydrogen (secondary N) is 1. The Morgan fingerprint density at radius 1 is 1.14 bits per heavy atom. The van der Waals surface area contributed by atoms with Crippen molar-refractivity contribution in [2.24, 2.45) is 0 Å². The van der Waals surface area contributed by atoms with E-state index < -0.39 is 15.9 Å². The Kier molecular flexibility index (Phi) is 8.27. The molecule has 0 fully saturated rings. The molecular weight excluding hydrogens is 423 g/mol. The third-order valence-corrected chi connectivity index (χ3v) is 6.14. The van der Waals surface area contributed by atoms with Gasteiger partial charge in [0.05, 0.1) is 18.0 Å². The van der Waals surface area contributed by atoms with E-state index in [1.807, 2.05) is 0 Å². The summed E-state index contributed by atoms with van der Waals surface area (Å²) in [4.78, 5) is 12.5. The Bertz CT molecular complexity index is 904. The molecule has 2 rings (SSSR count). The van der Waals surface area contributed by atoms with Crippen molar-refractivity contribution >= 4 is 39.1 Å². The minimum absolute atomic E-state index is 0.00238. The van der Waals surface area contributed by atoms with Gasteiger partial charge in [-0.15, -0.1) is 0 Å². The van der Waals surface area contributed by atoms with Gasteiger partial charge in [0.1, 0.15) is 0 Å². The van der Waals surface area contributed by atoms with E-state index in [2.05, 4.69) is 5.32 Å². The number of sulfonamides is 1. The van der Waals surface area contributed by atoms with Gasteiger partial charge in [0.15, 0.2) is 0 Å².